The number of fused-ring (bicyclic) bond motifs is 1. The van der Waals surface area contributed by atoms with Crippen molar-refractivity contribution in [2.75, 3.05) is 12.1 Å². The molecular weight excluding hydrogens is 314 g/mol. The van der Waals surface area contributed by atoms with Crippen LogP contribution in [0.15, 0.2) is 41.4 Å². The van der Waals surface area contributed by atoms with E-state index in [1.54, 1.807) is 24.3 Å². The van der Waals surface area contributed by atoms with E-state index >= 15 is 0 Å². The largest absolute Gasteiger partial charge is 0.454 e. The van der Waals surface area contributed by atoms with Crippen molar-refractivity contribution in [3.63, 3.8) is 0 Å². The van der Waals surface area contributed by atoms with E-state index in [1.165, 1.54) is 25.3 Å². The van der Waals surface area contributed by atoms with E-state index in [0.717, 1.165) is 0 Å². The van der Waals surface area contributed by atoms with E-state index in [2.05, 4.69) is 10.3 Å². The van der Waals surface area contributed by atoms with E-state index < -0.39 is 4.92 Å². The third-order valence-electron chi connectivity index (χ3n) is 3.26. The Kier molecular flexibility index (Phi) is 4.11. The van der Waals surface area contributed by atoms with Crippen molar-refractivity contribution in [2.24, 2.45) is 4.99 Å². The third kappa shape index (κ3) is 3.32. The Morgan fingerprint density at radius 3 is 2.54 bits per heavy atom. The number of nitro benzene ring substituents is 1. The Balaban J connectivity index is 1.86. The predicted molar refractivity (Wildman–Crippen MR) is 87.2 cm³/mol. The first-order chi connectivity index (χ1) is 11.5. The number of amides is 1. The summed E-state index contributed by atoms with van der Waals surface area (Å²) in [7, 11) is 0. The first kappa shape index (κ1) is 15.5. The topological polar surface area (TPSA) is 103 Å². The number of carbonyl (C=O) groups excluding carboxylic acids is 1. The molecule has 1 aliphatic heterocycles. The highest BCUT2D eigenvalue weighted by Gasteiger charge is 2.22. The molecule has 122 valence electrons. The van der Waals surface area contributed by atoms with Crippen LogP contribution in [0.1, 0.15) is 12.5 Å². The number of rotatable bonds is 4. The van der Waals surface area contributed by atoms with Gasteiger partial charge in [0.25, 0.3) is 5.69 Å². The molecule has 1 heterocycles. The van der Waals surface area contributed by atoms with Crippen LogP contribution in [-0.4, -0.2) is 23.8 Å². The van der Waals surface area contributed by atoms with Crippen molar-refractivity contribution in [3.05, 3.63) is 52.1 Å². The van der Waals surface area contributed by atoms with Crippen LogP contribution in [0.4, 0.5) is 17.1 Å². The zero-order chi connectivity index (χ0) is 17.1. The minimum absolute atomic E-state index is 0.0394. The number of aliphatic imine (C=N–C) groups is 1. The van der Waals surface area contributed by atoms with Gasteiger partial charge in [0.2, 0.25) is 12.7 Å². The fourth-order valence-electron chi connectivity index (χ4n) is 2.19. The average molecular weight is 327 g/mol. The van der Waals surface area contributed by atoms with Crippen molar-refractivity contribution >= 4 is 29.2 Å². The van der Waals surface area contributed by atoms with E-state index in [1.807, 2.05) is 0 Å². The Labute approximate surface area is 136 Å². The summed E-state index contributed by atoms with van der Waals surface area (Å²) in [5.74, 6) is 0.629. The van der Waals surface area contributed by atoms with Gasteiger partial charge in [0.15, 0.2) is 11.5 Å². The summed E-state index contributed by atoms with van der Waals surface area (Å²) in [6, 6.07) is 9.63. The number of nitro groups is 1. The van der Waals surface area contributed by atoms with Gasteiger partial charge >= 0.3 is 0 Å². The van der Waals surface area contributed by atoms with E-state index in [-0.39, 0.29) is 18.4 Å². The maximum atomic E-state index is 11.2. The van der Waals surface area contributed by atoms with Gasteiger partial charge in [-0.2, -0.15) is 0 Å². The van der Waals surface area contributed by atoms with Crippen molar-refractivity contribution in [1.82, 2.24) is 0 Å². The van der Waals surface area contributed by atoms with Crippen molar-refractivity contribution in [1.29, 1.82) is 0 Å². The lowest BCUT2D eigenvalue weighted by atomic mass is 10.1. The molecular formula is C16H13N3O5. The van der Waals surface area contributed by atoms with E-state index in [9.17, 15) is 14.9 Å². The number of nitrogens with zero attached hydrogens (tertiary/aromatic N) is 2. The summed E-state index contributed by atoms with van der Waals surface area (Å²) in [5, 5.41) is 13.8. The molecule has 1 aliphatic rings. The van der Waals surface area contributed by atoms with Crippen LogP contribution in [0.2, 0.25) is 0 Å². The molecule has 0 bridgehead atoms. The second kappa shape index (κ2) is 6.37. The minimum Gasteiger partial charge on any atom is -0.454 e. The molecule has 8 nitrogen and oxygen atoms in total. The Bertz CT molecular complexity index is 830. The number of carbonyl (C=O) groups is 1. The number of ether oxygens (including phenoxy) is 2. The monoisotopic (exact) mass is 327 g/mol. The standard InChI is InChI=1S/C16H13N3O5/c1-10(20)18-13-4-2-12(3-5-13)17-8-11-6-15-16(24-9-23-15)7-14(11)19(21)22/h2-8H,9H2,1H3,(H,18,20). The molecule has 1 N–H and O–H groups in total. The summed E-state index contributed by atoms with van der Waals surface area (Å²) >= 11 is 0. The zero-order valence-corrected chi connectivity index (χ0v) is 12.7. The lowest BCUT2D eigenvalue weighted by Gasteiger charge is -2.02. The van der Waals surface area contributed by atoms with E-state index in [4.69, 9.17) is 9.47 Å². The average Bonchev–Trinajstić information content (AvgIpc) is 3.00. The van der Waals surface area contributed by atoms with Crippen LogP contribution in [0.25, 0.3) is 0 Å². The number of hydrogen-bond acceptors (Lipinski definition) is 6. The van der Waals surface area contributed by atoms with Gasteiger partial charge in [-0.3, -0.25) is 19.9 Å². The number of benzene rings is 2. The maximum Gasteiger partial charge on any atom is 0.282 e. The number of hydrogen-bond donors (Lipinski definition) is 1. The highest BCUT2D eigenvalue weighted by atomic mass is 16.7. The van der Waals surface area contributed by atoms with Crippen LogP contribution in [0.5, 0.6) is 11.5 Å². The van der Waals surface area contributed by atoms with Gasteiger partial charge in [-0.15, -0.1) is 0 Å². The minimum atomic E-state index is -0.497. The van der Waals surface area contributed by atoms with Crippen LogP contribution in [-0.2, 0) is 4.79 Å². The summed E-state index contributed by atoms with van der Waals surface area (Å²) in [6.07, 6.45) is 1.40. The summed E-state index contributed by atoms with van der Waals surface area (Å²) in [4.78, 5) is 25.9. The Morgan fingerprint density at radius 1 is 1.25 bits per heavy atom. The molecule has 0 atom stereocenters. The molecule has 8 heteroatoms. The van der Waals surface area contributed by atoms with Crippen molar-refractivity contribution in [2.45, 2.75) is 6.92 Å². The molecule has 0 fully saturated rings. The molecule has 0 radical (unpaired) electrons. The molecule has 0 spiro atoms. The number of anilines is 1. The van der Waals surface area contributed by atoms with E-state index in [0.29, 0.717) is 28.4 Å². The highest BCUT2D eigenvalue weighted by Crippen LogP contribution is 2.37. The van der Waals surface area contributed by atoms with Crippen molar-refractivity contribution in [3.8, 4) is 11.5 Å². The van der Waals surface area contributed by atoms with Gasteiger partial charge in [0.1, 0.15) is 0 Å². The zero-order valence-electron chi connectivity index (χ0n) is 12.7. The second-order valence-electron chi connectivity index (χ2n) is 5.01. The second-order valence-corrected chi connectivity index (χ2v) is 5.01. The highest BCUT2D eigenvalue weighted by molar-refractivity contribution is 5.90. The molecule has 0 aromatic heterocycles. The Hall–Kier alpha value is -3.42. The van der Waals surface area contributed by atoms with Gasteiger partial charge in [0.05, 0.1) is 22.2 Å². The predicted octanol–water partition coefficient (Wildman–Crippen LogP) is 3.03. The molecule has 3 rings (SSSR count). The van der Waals surface area contributed by atoms with Crippen LogP contribution in [0.3, 0.4) is 0 Å². The molecule has 24 heavy (non-hydrogen) atoms. The normalized spacial score (nSPS) is 12.4. The summed E-state index contributed by atoms with van der Waals surface area (Å²) in [6.45, 7) is 1.46. The molecule has 2 aromatic rings. The lowest BCUT2D eigenvalue weighted by Crippen LogP contribution is -2.04. The van der Waals surface area contributed by atoms with Crippen LogP contribution in [0, 0.1) is 10.1 Å². The fraction of sp³-hybridized carbons (Fsp3) is 0.125. The molecule has 2 aromatic carbocycles. The third-order valence-corrected chi connectivity index (χ3v) is 3.26. The van der Waals surface area contributed by atoms with Gasteiger partial charge < -0.3 is 14.8 Å². The SMILES string of the molecule is CC(=O)Nc1ccc(N=Cc2cc3c(cc2[N+](=O)[O-])OCO3)cc1. The molecule has 0 saturated carbocycles. The van der Waals surface area contributed by atoms with Crippen LogP contribution < -0.4 is 14.8 Å². The number of nitrogens with one attached hydrogen (secondary N) is 1. The molecule has 0 unspecified atom stereocenters. The first-order valence-corrected chi connectivity index (χ1v) is 7.03. The quantitative estimate of drug-likeness (QED) is 0.528. The van der Waals surface area contributed by atoms with Gasteiger partial charge in [-0.05, 0) is 30.3 Å². The van der Waals surface area contributed by atoms with Crippen molar-refractivity contribution < 1.29 is 19.2 Å². The molecule has 1 amide bonds. The van der Waals surface area contributed by atoms with Gasteiger partial charge in [-0.1, -0.05) is 0 Å². The lowest BCUT2D eigenvalue weighted by molar-refractivity contribution is -0.385. The maximum absolute atomic E-state index is 11.2. The van der Waals surface area contributed by atoms with Gasteiger partial charge in [0, 0.05) is 18.8 Å². The fourth-order valence-corrected chi connectivity index (χ4v) is 2.19. The smallest absolute Gasteiger partial charge is 0.282 e. The van der Waals surface area contributed by atoms with Gasteiger partial charge in [-0.25, -0.2) is 0 Å². The Morgan fingerprint density at radius 2 is 1.92 bits per heavy atom. The van der Waals surface area contributed by atoms with Crippen LogP contribution >= 0.6 is 0 Å². The molecule has 0 aliphatic carbocycles. The summed E-state index contributed by atoms with van der Waals surface area (Å²) < 4.78 is 10.4. The molecule has 0 saturated heterocycles. The first-order valence-electron chi connectivity index (χ1n) is 7.03. The summed E-state index contributed by atoms with van der Waals surface area (Å²) in [5.41, 5.74) is 1.44.